The normalized spacial score (nSPS) is 21.5. The van der Waals surface area contributed by atoms with E-state index < -0.39 is 0 Å². The predicted molar refractivity (Wildman–Crippen MR) is 59.1 cm³/mol. The zero-order chi connectivity index (χ0) is 10.1. The Hall–Kier alpha value is -0.120. The van der Waals surface area contributed by atoms with Gasteiger partial charge in [0, 0.05) is 16.1 Å². The van der Waals surface area contributed by atoms with Crippen LogP contribution >= 0.6 is 27.5 Å². The third-order valence-electron chi connectivity index (χ3n) is 2.46. The minimum absolute atomic E-state index is 0.116. The van der Waals surface area contributed by atoms with Gasteiger partial charge in [0.2, 0.25) is 0 Å². The van der Waals surface area contributed by atoms with Gasteiger partial charge in [-0.05, 0) is 31.5 Å². The van der Waals surface area contributed by atoms with E-state index in [1.165, 1.54) is 0 Å². The molecule has 0 aromatic heterocycles. The monoisotopic (exact) mass is 277 g/mol. The van der Waals surface area contributed by atoms with Crippen molar-refractivity contribution in [3.63, 3.8) is 0 Å². The number of hydrogen-bond acceptors (Lipinski definition) is 1. The van der Waals surface area contributed by atoms with E-state index in [4.69, 9.17) is 11.6 Å². The summed E-state index contributed by atoms with van der Waals surface area (Å²) in [5, 5.41) is 3.43. The molecule has 1 saturated heterocycles. The average Bonchev–Trinajstić information content (AvgIpc) is 2.63. The van der Waals surface area contributed by atoms with Gasteiger partial charge < -0.3 is 5.32 Å². The molecule has 4 heteroatoms. The van der Waals surface area contributed by atoms with E-state index in [1.54, 1.807) is 12.1 Å². The highest BCUT2D eigenvalue weighted by Crippen LogP contribution is 2.31. The quantitative estimate of drug-likeness (QED) is 0.773. The molecule has 0 aliphatic carbocycles. The van der Waals surface area contributed by atoms with Crippen molar-refractivity contribution in [1.29, 1.82) is 0 Å². The molecule has 1 heterocycles. The molecule has 0 radical (unpaired) electrons. The molecule has 1 aliphatic heterocycles. The van der Waals surface area contributed by atoms with Gasteiger partial charge in [-0.15, -0.1) is 0 Å². The van der Waals surface area contributed by atoms with Crippen LogP contribution in [-0.4, -0.2) is 6.54 Å². The Labute approximate surface area is 95.8 Å². The third kappa shape index (κ3) is 1.95. The van der Waals surface area contributed by atoms with Crippen molar-refractivity contribution in [3.05, 3.63) is 33.0 Å². The Bertz CT molecular complexity index is 350. The van der Waals surface area contributed by atoms with Crippen molar-refractivity contribution in [2.24, 2.45) is 0 Å². The van der Waals surface area contributed by atoms with Gasteiger partial charge >= 0.3 is 0 Å². The van der Waals surface area contributed by atoms with Gasteiger partial charge in [-0.25, -0.2) is 4.39 Å². The molecule has 1 N–H and O–H groups in total. The van der Waals surface area contributed by atoms with E-state index >= 15 is 0 Å². The summed E-state index contributed by atoms with van der Waals surface area (Å²) >= 11 is 9.08. The van der Waals surface area contributed by atoms with Crippen molar-refractivity contribution in [3.8, 4) is 0 Å². The molecule has 1 aromatic carbocycles. The lowest BCUT2D eigenvalue weighted by Gasteiger charge is -2.12. The fourth-order valence-corrected chi connectivity index (χ4v) is 2.61. The van der Waals surface area contributed by atoms with Gasteiger partial charge in [-0.2, -0.15) is 0 Å². The van der Waals surface area contributed by atoms with Gasteiger partial charge in [0.05, 0.1) is 5.02 Å². The Morgan fingerprint density at radius 3 is 2.93 bits per heavy atom. The Morgan fingerprint density at radius 2 is 2.29 bits per heavy atom. The molecule has 2 rings (SSSR count). The van der Waals surface area contributed by atoms with Gasteiger partial charge in [0.1, 0.15) is 5.82 Å². The van der Waals surface area contributed by atoms with Crippen LogP contribution in [0.4, 0.5) is 4.39 Å². The summed E-state index contributed by atoms with van der Waals surface area (Å²) in [7, 11) is 0. The number of hydrogen-bond donors (Lipinski definition) is 1. The zero-order valence-corrected chi connectivity index (χ0v) is 9.83. The van der Waals surface area contributed by atoms with Crippen molar-refractivity contribution >= 4 is 27.5 Å². The Morgan fingerprint density at radius 1 is 1.50 bits per heavy atom. The number of nitrogens with one attached hydrogen (secondary N) is 1. The maximum absolute atomic E-state index is 13.6. The van der Waals surface area contributed by atoms with Crippen LogP contribution in [0.5, 0.6) is 0 Å². The van der Waals surface area contributed by atoms with Gasteiger partial charge in [-0.1, -0.05) is 27.5 Å². The maximum Gasteiger partial charge on any atom is 0.146 e. The molecule has 0 amide bonds. The second-order valence-corrected chi connectivity index (χ2v) is 4.76. The van der Waals surface area contributed by atoms with Crippen molar-refractivity contribution < 1.29 is 4.39 Å². The molecule has 0 unspecified atom stereocenters. The van der Waals surface area contributed by atoms with E-state index in [-0.39, 0.29) is 16.9 Å². The summed E-state index contributed by atoms with van der Waals surface area (Å²) in [6.45, 7) is 0.953. The minimum Gasteiger partial charge on any atom is -0.310 e. The highest BCUT2D eigenvalue weighted by molar-refractivity contribution is 9.10. The van der Waals surface area contributed by atoms with Gasteiger partial charge in [0.25, 0.3) is 0 Å². The van der Waals surface area contributed by atoms with Crippen LogP contribution in [0.15, 0.2) is 16.6 Å². The third-order valence-corrected chi connectivity index (χ3v) is 3.19. The van der Waals surface area contributed by atoms with Crippen LogP contribution < -0.4 is 5.32 Å². The Kier molecular flexibility index (Phi) is 3.10. The number of rotatable bonds is 1. The first-order valence-electron chi connectivity index (χ1n) is 4.56. The first kappa shape index (κ1) is 10.4. The van der Waals surface area contributed by atoms with Crippen LogP contribution in [-0.2, 0) is 0 Å². The lowest BCUT2D eigenvalue weighted by atomic mass is 10.1. The van der Waals surface area contributed by atoms with E-state index in [0.717, 1.165) is 23.9 Å². The zero-order valence-electron chi connectivity index (χ0n) is 7.49. The summed E-state index contributed by atoms with van der Waals surface area (Å²) in [5.74, 6) is -0.297. The molecule has 1 aromatic rings. The molecular formula is C10H10BrClFN. The summed E-state index contributed by atoms with van der Waals surface area (Å²) in [4.78, 5) is 0. The van der Waals surface area contributed by atoms with Crippen molar-refractivity contribution in [2.75, 3.05) is 6.54 Å². The number of benzene rings is 1. The molecule has 14 heavy (non-hydrogen) atoms. The molecule has 1 aliphatic rings. The van der Waals surface area contributed by atoms with Crippen LogP contribution in [0.2, 0.25) is 5.02 Å². The molecule has 0 saturated carbocycles. The van der Waals surface area contributed by atoms with E-state index in [1.807, 2.05) is 0 Å². The SMILES string of the molecule is Fc1c(Cl)cc(Br)cc1[C@@H]1CCCN1. The molecule has 1 nitrogen and oxygen atoms in total. The molecule has 1 atom stereocenters. The highest BCUT2D eigenvalue weighted by Gasteiger charge is 2.21. The maximum atomic E-state index is 13.6. The standard InChI is InChI=1S/C10H10BrClFN/c11-6-4-7(9-2-1-3-14-9)10(13)8(12)5-6/h4-5,9,14H,1-3H2/t9-/m0/s1. The van der Waals surface area contributed by atoms with E-state index in [9.17, 15) is 4.39 Å². The first-order valence-corrected chi connectivity index (χ1v) is 5.73. The minimum atomic E-state index is -0.297. The number of halogens is 3. The lowest BCUT2D eigenvalue weighted by Crippen LogP contribution is -2.14. The van der Waals surface area contributed by atoms with Crippen LogP contribution in [0.1, 0.15) is 24.4 Å². The van der Waals surface area contributed by atoms with Crippen LogP contribution in [0.3, 0.4) is 0 Å². The fraction of sp³-hybridized carbons (Fsp3) is 0.400. The van der Waals surface area contributed by atoms with Crippen LogP contribution in [0.25, 0.3) is 0 Å². The molecular weight excluding hydrogens is 268 g/mol. The summed E-state index contributed by atoms with van der Waals surface area (Å²) in [5.41, 5.74) is 0.668. The lowest BCUT2D eigenvalue weighted by molar-refractivity contribution is 0.558. The van der Waals surface area contributed by atoms with Gasteiger partial charge in [0.15, 0.2) is 0 Å². The van der Waals surface area contributed by atoms with Crippen molar-refractivity contribution in [2.45, 2.75) is 18.9 Å². The largest absolute Gasteiger partial charge is 0.310 e. The average molecular weight is 279 g/mol. The van der Waals surface area contributed by atoms with Crippen LogP contribution in [0, 0.1) is 5.82 Å². The molecule has 0 bridgehead atoms. The van der Waals surface area contributed by atoms with E-state index in [2.05, 4.69) is 21.2 Å². The summed E-state index contributed by atoms with van der Waals surface area (Å²) in [6.07, 6.45) is 2.07. The van der Waals surface area contributed by atoms with Gasteiger partial charge in [-0.3, -0.25) is 0 Å². The summed E-state index contributed by atoms with van der Waals surface area (Å²) in [6, 6.07) is 3.49. The second kappa shape index (κ2) is 4.17. The summed E-state index contributed by atoms with van der Waals surface area (Å²) < 4.78 is 14.5. The Balaban J connectivity index is 2.40. The smallest absolute Gasteiger partial charge is 0.146 e. The second-order valence-electron chi connectivity index (χ2n) is 3.44. The highest BCUT2D eigenvalue weighted by atomic mass is 79.9. The molecule has 1 fully saturated rings. The topological polar surface area (TPSA) is 12.0 Å². The first-order chi connectivity index (χ1) is 6.68. The molecule has 76 valence electrons. The molecule has 0 spiro atoms. The fourth-order valence-electron chi connectivity index (χ4n) is 1.78. The van der Waals surface area contributed by atoms with E-state index in [0.29, 0.717) is 5.56 Å². The van der Waals surface area contributed by atoms with Crippen molar-refractivity contribution in [1.82, 2.24) is 5.32 Å². The predicted octanol–water partition coefficient (Wildman–Crippen LogP) is 3.67.